The maximum absolute atomic E-state index is 12.4. The quantitative estimate of drug-likeness (QED) is 0.860. The number of sulfone groups is 1. The molecule has 1 unspecified atom stereocenters. The van der Waals surface area contributed by atoms with Gasteiger partial charge in [0.15, 0.2) is 15.0 Å². The molecule has 2 amide bonds. The molecule has 0 saturated carbocycles. The van der Waals surface area contributed by atoms with Gasteiger partial charge in [0.1, 0.15) is 0 Å². The van der Waals surface area contributed by atoms with Crippen molar-refractivity contribution in [3.8, 4) is 0 Å². The molecule has 132 valence electrons. The lowest BCUT2D eigenvalue weighted by atomic mass is 9.79. The van der Waals surface area contributed by atoms with Crippen molar-refractivity contribution in [2.75, 3.05) is 29.9 Å². The standard InChI is InChI=1S/C15H21N3O4S2/c19-12(17-14-16-6-8-23-14)2-3-13(20)18-7-1-4-15(10-18)5-9-24(21,22)11-15/h6,8H,1-5,7,9-11H2,(H,16,17,19). The van der Waals surface area contributed by atoms with E-state index in [1.54, 1.807) is 16.5 Å². The second kappa shape index (κ2) is 6.79. The number of likely N-dealkylation sites (tertiary alicyclic amines) is 1. The molecule has 0 radical (unpaired) electrons. The smallest absolute Gasteiger partial charge is 0.226 e. The van der Waals surface area contributed by atoms with E-state index in [4.69, 9.17) is 0 Å². The largest absolute Gasteiger partial charge is 0.342 e. The van der Waals surface area contributed by atoms with Gasteiger partial charge >= 0.3 is 0 Å². The third-order valence-electron chi connectivity index (χ3n) is 4.73. The number of anilines is 1. The first kappa shape index (κ1) is 17.3. The maximum Gasteiger partial charge on any atom is 0.226 e. The second-order valence-electron chi connectivity index (χ2n) is 6.65. The summed E-state index contributed by atoms with van der Waals surface area (Å²) in [6.07, 6.45) is 4.19. The summed E-state index contributed by atoms with van der Waals surface area (Å²) in [5.41, 5.74) is -0.268. The number of hydrogen-bond acceptors (Lipinski definition) is 6. The van der Waals surface area contributed by atoms with E-state index in [0.29, 0.717) is 24.6 Å². The molecule has 0 bridgehead atoms. The molecule has 1 spiro atoms. The fraction of sp³-hybridized carbons (Fsp3) is 0.667. The zero-order valence-electron chi connectivity index (χ0n) is 13.4. The lowest BCUT2D eigenvalue weighted by molar-refractivity contribution is -0.135. The summed E-state index contributed by atoms with van der Waals surface area (Å²) in [5.74, 6) is 0.112. The lowest BCUT2D eigenvalue weighted by Gasteiger charge is -2.39. The van der Waals surface area contributed by atoms with Crippen LogP contribution in [0, 0.1) is 5.41 Å². The molecule has 2 fully saturated rings. The first-order valence-corrected chi connectivity index (χ1v) is 10.8. The molecule has 1 N–H and O–H groups in total. The zero-order valence-corrected chi connectivity index (χ0v) is 15.0. The third kappa shape index (κ3) is 4.13. The molecule has 3 heterocycles. The average molecular weight is 371 g/mol. The second-order valence-corrected chi connectivity index (χ2v) is 9.72. The van der Waals surface area contributed by atoms with Gasteiger partial charge in [-0.15, -0.1) is 11.3 Å². The average Bonchev–Trinajstić information content (AvgIpc) is 3.13. The monoisotopic (exact) mass is 371 g/mol. The van der Waals surface area contributed by atoms with Crippen LogP contribution < -0.4 is 5.32 Å². The van der Waals surface area contributed by atoms with Gasteiger partial charge in [0.25, 0.3) is 0 Å². The van der Waals surface area contributed by atoms with Crippen molar-refractivity contribution in [3.05, 3.63) is 11.6 Å². The van der Waals surface area contributed by atoms with Gasteiger partial charge in [-0.2, -0.15) is 0 Å². The van der Waals surface area contributed by atoms with Crippen LogP contribution >= 0.6 is 11.3 Å². The Morgan fingerprint density at radius 1 is 1.33 bits per heavy atom. The molecular weight excluding hydrogens is 350 g/mol. The number of carbonyl (C=O) groups is 2. The normalized spacial score (nSPS) is 25.8. The van der Waals surface area contributed by atoms with Gasteiger partial charge < -0.3 is 10.2 Å². The minimum absolute atomic E-state index is 0.0762. The summed E-state index contributed by atoms with van der Waals surface area (Å²) in [7, 11) is -2.97. The summed E-state index contributed by atoms with van der Waals surface area (Å²) in [5, 5.41) is 4.95. The van der Waals surface area contributed by atoms with Gasteiger partial charge in [-0.1, -0.05) is 0 Å². The van der Waals surface area contributed by atoms with Crippen molar-refractivity contribution in [1.82, 2.24) is 9.88 Å². The highest BCUT2D eigenvalue weighted by Crippen LogP contribution is 2.40. The van der Waals surface area contributed by atoms with Crippen LogP contribution in [0.4, 0.5) is 5.13 Å². The SMILES string of the molecule is O=C(CCC(=O)N1CCCC2(CCS(=O)(=O)C2)C1)Nc1nccs1. The van der Waals surface area contributed by atoms with Crippen molar-refractivity contribution in [2.24, 2.45) is 5.41 Å². The summed E-state index contributed by atoms with van der Waals surface area (Å²) < 4.78 is 23.6. The number of rotatable bonds is 4. The molecule has 9 heteroatoms. The van der Waals surface area contributed by atoms with Crippen LogP contribution in [0.5, 0.6) is 0 Å². The Morgan fingerprint density at radius 3 is 2.83 bits per heavy atom. The van der Waals surface area contributed by atoms with Gasteiger partial charge in [0.2, 0.25) is 11.8 Å². The molecule has 24 heavy (non-hydrogen) atoms. The van der Waals surface area contributed by atoms with Gasteiger partial charge in [0, 0.05) is 42.9 Å². The van der Waals surface area contributed by atoms with Crippen LogP contribution in [0.15, 0.2) is 11.6 Å². The van der Waals surface area contributed by atoms with Crippen LogP contribution in [0.2, 0.25) is 0 Å². The van der Waals surface area contributed by atoms with E-state index in [9.17, 15) is 18.0 Å². The van der Waals surface area contributed by atoms with E-state index < -0.39 is 9.84 Å². The topological polar surface area (TPSA) is 96.4 Å². The van der Waals surface area contributed by atoms with Crippen molar-refractivity contribution in [2.45, 2.75) is 32.1 Å². The number of thiazole rings is 1. The molecular formula is C15H21N3O4S2. The van der Waals surface area contributed by atoms with Gasteiger partial charge in [0.05, 0.1) is 11.5 Å². The summed E-state index contributed by atoms with van der Waals surface area (Å²) in [4.78, 5) is 29.9. The van der Waals surface area contributed by atoms with Gasteiger partial charge in [-0.25, -0.2) is 13.4 Å². The Morgan fingerprint density at radius 2 is 2.17 bits per heavy atom. The third-order valence-corrected chi connectivity index (χ3v) is 7.30. The molecule has 7 nitrogen and oxygen atoms in total. The molecule has 2 saturated heterocycles. The maximum atomic E-state index is 12.4. The molecule has 0 aliphatic carbocycles. The lowest BCUT2D eigenvalue weighted by Crippen LogP contribution is -2.46. The molecule has 1 atom stereocenters. The highest BCUT2D eigenvalue weighted by molar-refractivity contribution is 7.91. The number of piperidine rings is 1. The van der Waals surface area contributed by atoms with E-state index in [2.05, 4.69) is 10.3 Å². The Bertz CT molecular complexity index is 717. The fourth-order valence-corrected chi connectivity index (χ4v) is 6.32. The molecule has 1 aromatic rings. The predicted octanol–water partition coefficient (Wildman–Crippen LogP) is 1.29. The van der Waals surface area contributed by atoms with Crippen LogP contribution in [0.3, 0.4) is 0 Å². The molecule has 2 aliphatic heterocycles. The first-order chi connectivity index (χ1) is 11.4. The number of aromatic nitrogens is 1. The zero-order chi connectivity index (χ0) is 17.2. The highest BCUT2D eigenvalue weighted by atomic mass is 32.2. The summed E-state index contributed by atoms with van der Waals surface area (Å²) in [6, 6.07) is 0. The Kier molecular flexibility index (Phi) is 4.91. The van der Waals surface area contributed by atoms with Crippen LogP contribution in [0.1, 0.15) is 32.1 Å². The molecule has 0 aromatic carbocycles. The molecule has 3 rings (SSSR count). The van der Waals surface area contributed by atoms with Crippen molar-refractivity contribution in [1.29, 1.82) is 0 Å². The van der Waals surface area contributed by atoms with Crippen LogP contribution in [-0.2, 0) is 19.4 Å². The molecule has 1 aromatic heterocycles. The predicted molar refractivity (Wildman–Crippen MR) is 91.5 cm³/mol. The summed E-state index contributed by atoms with van der Waals surface area (Å²) in [6.45, 7) is 1.15. The van der Waals surface area contributed by atoms with Crippen molar-refractivity contribution in [3.63, 3.8) is 0 Å². The number of nitrogens with zero attached hydrogens (tertiary/aromatic N) is 2. The highest BCUT2D eigenvalue weighted by Gasteiger charge is 2.45. The first-order valence-electron chi connectivity index (χ1n) is 8.05. The van der Waals surface area contributed by atoms with E-state index in [-0.39, 0.29) is 41.6 Å². The minimum Gasteiger partial charge on any atom is -0.342 e. The number of hydrogen-bond donors (Lipinski definition) is 1. The summed E-state index contributed by atoms with van der Waals surface area (Å²) >= 11 is 1.33. The Hall–Kier alpha value is -1.48. The van der Waals surface area contributed by atoms with E-state index in [0.717, 1.165) is 12.8 Å². The van der Waals surface area contributed by atoms with E-state index in [1.165, 1.54) is 11.3 Å². The van der Waals surface area contributed by atoms with E-state index in [1.807, 2.05) is 0 Å². The van der Waals surface area contributed by atoms with Crippen molar-refractivity contribution >= 4 is 38.1 Å². The number of nitrogens with one attached hydrogen (secondary N) is 1. The van der Waals surface area contributed by atoms with Crippen molar-refractivity contribution < 1.29 is 18.0 Å². The molecule has 2 aliphatic rings. The van der Waals surface area contributed by atoms with Gasteiger partial charge in [-0.3, -0.25) is 9.59 Å². The number of carbonyl (C=O) groups excluding carboxylic acids is 2. The Labute approximate surface area is 145 Å². The Balaban J connectivity index is 1.51. The minimum atomic E-state index is -2.97. The van der Waals surface area contributed by atoms with Crippen LogP contribution in [-0.4, -0.2) is 54.7 Å². The fourth-order valence-electron chi connectivity index (χ4n) is 3.57. The van der Waals surface area contributed by atoms with E-state index >= 15 is 0 Å². The van der Waals surface area contributed by atoms with Crippen LogP contribution in [0.25, 0.3) is 0 Å². The van der Waals surface area contributed by atoms with Gasteiger partial charge in [-0.05, 0) is 19.3 Å². The number of amides is 2.